The van der Waals surface area contributed by atoms with Crippen molar-refractivity contribution in [1.82, 2.24) is 0 Å². The van der Waals surface area contributed by atoms with Crippen LogP contribution in [-0.2, 0) is 17.1 Å². The molecule has 0 aromatic carbocycles. The van der Waals surface area contributed by atoms with E-state index < -0.39 is 0 Å². The van der Waals surface area contributed by atoms with Crippen LogP contribution in [0.3, 0.4) is 0 Å². The van der Waals surface area contributed by atoms with Crippen LogP contribution in [0.15, 0.2) is 12.0 Å². The summed E-state index contributed by atoms with van der Waals surface area (Å²) in [6.07, 6.45) is 0.500. The maximum absolute atomic E-state index is 9.28. The smallest absolute Gasteiger partial charge is 0.879 e. The molecule has 6 heavy (non-hydrogen) atoms. The number of hydrogen-bond acceptors (Lipinski definition) is 1. The van der Waals surface area contributed by atoms with E-state index in [1.807, 2.05) is 0 Å². The van der Waals surface area contributed by atoms with Gasteiger partial charge < -0.3 is 10.8 Å². The second kappa shape index (κ2) is 4.86. The summed E-state index contributed by atoms with van der Waals surface area (Å²) in [6, 6.07) is 0. The summed E-state index contributed by atoms with van der Waals surface area (Å²) >= 11 is 0. The zero-order chi connectivity index (χ0) is 4.28. The van der Waals surface area contributed by atoms with Crippen molar-refractivity contribution in [2.75, 3.05) is 0 Å². The molecular weight excluding hydrogens is 121 g/mol. The van der Waals surface area contributed by atoms with Crippen molar-refractivity contribution in [3.63, 3.8) is 0 Å². The van der Waals surface area contributed by atoms with Gasteiger partial charge in [0.1, 0.15) is 0 Å². The minimum atomic E-state index is 0. The Labute approximate surface area is 47.5 Å². The van der Waals surface area contributed by atoms with E-state index >= 15 is 0 Å². The van der Waals surface area contributed by atoms with Crippen molar-refractivity contribution in [3.8, 4) is 0 Å². The van der Waals surface area contributed by atoms with E-state index in [2.05, 4.69) is 0 Å². The first-order chi connectivity index (χ1) is 2.27. The molecule has 1 N–H and O–H groups in total. The molecular formula is C3H5MnNO. The van der Waals surface area contributed by atoms with Gasteiger partial charge in [0.05, 0.1) is 0 Å². The zero-order valence-electron chi connectivity index (χ0n) is 3.36. The molecule has 0 saturated heterocycles. The van der Waals surface area contributed by atoms with Gasteiger partial charge >= 0.3 is 17.1 Å². The minimum absolute atomic E-state index is 0. The van der Waals surface area contributed by atoms with Crippen molar-refractivity contribution in [2.45, 2.75) is 6.92 Å². The molecule has 0 aliphatic heterocycles. The molecule has 0 rings (SSSR count). The van der Waals surface area contributed by atoms with E-state index in [0.717, 1.165) is 0 Å². The average molecular weight is 126 g/mol. The van der Waals surface area contributed by atoms with Gasteiger partial charge in [-0.25, -0.2) is 0 Å². The second-order valence-corrected chi connectivity index (χ2v) is 0.801. The maximum atomic E-state index is 9.28. The largest absolute Gasteiger partial charge is 2.00 e. The third kappa shape index (κ3) is 9.13. The monoisotopic (exact) mass is 126 g/mol. The van der Waals surface area contributed by atoms with Gasteiger partial charge in [0.15, 0.2) is 0 Å². The van der Waals surface area contributed by atoms with Gasteiger partial charge in [-0.1, -0.05) is 6.92 Å². The molecule has 35 valence electrons. The molecule has 0 atom stereocenters. The summed E-state index contributed by atoms with van der Waals surface area (Å²) in [5.74, 6) is 0. The molecule has 3 heteroatoms. The molecule has 0 unspecified atom stereocenters. The molecule has 0 heterocycles. The fourth-order valence-corrected chi connectivity index (χ4v) is 0. The van der Waals surface area contributed by atoms with Crippen LogP contribution in [-0.4, -0.2) is 0 Å². The van der Waals surface area contributed by atoms with Crippen LogP contribution in [0.5, 0.6) is 0 Å². The molecule has 0 aromatic rings. The molecule has 0 aliphatic rings. The molecule has 0 spiro atoms. The van der Waals surface area contributed by atoms with Crippen LogP contribution in [0.1, 0.15) is 6.92 Å². The van der Waals surface area contributed by atoms with E-state index in [1.54, 1.807) is 0 Å². The molecule has 0 aromatic heterocycles. The van der Waals surface area contributed by atoms with Gasteiger partial charge in [0, 0.05) is 0 Å². The van der Waals surface area contributed by atoms with E-state index in [-0.39, 0.29) is 22.8 Å². The zero-order valence-corrected chi connectivity index (χ0v) is 4.54. The first-order valence-corrected chi connectivity index (χ1v) is 1.27. The molecule has 0 fully saturated rings. The third-order valence-corrected chi connectivity index (χ3v) is 0.177. The van der Waals surface area contributed by atoms with Gasteiger partial charge in [-0.2, -0.15) is 12.0 Å². The fraction of sp³-hybridized carbons (Fsp3) is 0.333. The van der Waals surface area contributed by atoms with Crippen molar-refractivity contribution < 1.29 is 22.2 Å². The van der Waals surface area contributed by atoms with E-state index in [4.69, 9.17) is 5.73 Å². The first-order valence-electron chi connectivity index (χ1n) is 1.27. The Morgan fingerprint density at radius 1 is 1.83 bits per heavy atom. The Morgan fingerprint density at radius 3 is 2.00 bits per heavy atom. The number of nitrogens with one attached hydrogen (secondary N) is 1. The normalized spacial score (nSPS) is 9.83. The quantitative estimate of drug-likeness (QED) is 0.339. The number of allylic oxidation sites excluding steroid dienone is 1. The molecule has 0 aliphatic carbocycles. The van der Waals surface area contributed by atoms with Gasteiger partial charge in [0.2, 0.25) is 0 Å². The van der Waals surface area contributed by atoms with E-state index in [9.17, 15) is 5.11 Å². The predicted octanol–water partition coefficient (Wildman–Crippen LogP) is 0.258. The SMILES string of the molecule is C/C([NH-])=C/[O-].[Mn+2]. The summed E-state index contributed by atoms with van der Waals surface area (Å²) in [5.41, 5.74) is 6.45. The summed E-state index contributed by atoms with van der Waals surface area (Å²) in [5, 5.41) is 9.28. The Morgan fingerprint density at radius 2 is 2.00 bits per heavy atom. The Balaban J connectivity index is 0. The van der Waals surface area contributed by atoms with Crippen LogP contribution in [0.2, 0.25) is 0 Å². The van der Waals surface area contributed by atoms with Crippen LogP contribution < -0.4 is 5.11 Å². The van der Waals surface area contributed by atoms with E-state index in [0.29, 0.717) is 6.26 Å². The van der Waals surface area contributed by atoms with E-state index in [1.165, 1.54) is 6.92 Å². The summed E-state index contributed by atoms with van der Waals surface area (Å²) in [7, 11) is 0. The Bertz CT molecular complexity index is 48.8. The number of rotatable bonds is 0. The fourth-order valence-electron chi connectivity index (χ4n) is 0. The number of hydrogen-bond donors (Lipinski definition) is 0. The van der Waals surface area contributed by atoms with Crippen LogP contribution >= 0.6 is 0 Å². The second-order valence-electron chi connectivity index (χ2n) is 0.801. The van der Waals surface area contributed by atoms with Crippen molar-refractivity contribution in [3.05, 3.63) is 17.7 Å². The van der Waals surface area contributed by atoms with Crippen LogP contribution in [0.4, 0.5) is 0 Å². The average Bonchev–Trinajstić information content (AvgIpc) is 1.38. The Kier molecular flexibility index (Phi) is 7.52. The van der Waals surface area contributed by atoms with Crippen LogP contribution in [0.25, 0.3) is 5.73 Å². The standard InChI is InChI=1S/C3H6NO.Mn/c1-3(4)2-5;/h2,4-5H,1H3;/q-1;+2/p-1/b3-2-;. The third-order valence-electron chi connectivity index (χ3n) is 0.177. The van der Waals surface area contributed by atoms with Crippen molar-refractivity contribution in [2.24, 2.45) is 0 Å². The Hall–Kier alpha value is -0.141. The molecule has 0 amide bonds. The maximum Gasteiger partial charge on any atom is 2.00 e. The van der Waals surface area contributed by atoms with Crippen molar-refractivity contribution >= 4 is 0 Å². The van der Waals surface area contributed by atoms with Gasteiger partial charge in [0.25, 0.3) is 0 Å². The predicted molar refractivity (Wildman–Crippen MR) is 18.1 cm³/mol. The summed E-state index contributed by atoms with van der Waals surface area (Å²) in [4.78, 5) is 0. The first kappa shape index (κ1) is 9.29. The summed E-state index contributed by atoms with van der Waals surface area (Å²) in [6.45, 7) is 1.44. The summed E-state index contributed by atoms with van der Waals surface area (Å²) < 4.78 is 0. The molecule has 0 saturated carbocycles. The van der Waals surface area contributed by atoms with Gasteiger partial charge in [-0.15, -0.1) is 0 Å². The minimum Gasteiger partial charge on any atom is -0.879 e. The molecule has 1 radical (unpaired) electrons. The van der Waals surface area contributed by atoms with Gasteiger partial charge in [-0.05, 0) is 0 Å². The molecule has 0 bridgehead atoms. The van der Waals surface area contributed by atoms with Crippen LogP contribution in [0, 0.1) is 0 Å². The topological polar surface area (TPSA) is 46.9 Å². The molecule has 2 nitrogen and oxygen atoms in total. The van der Waals surface area contributed by atoms with Gasteiger partial charge in [-0.3, -0.25) is 0 Å². The van der Waals surface area contributed by atoms with Crippen molar-refractivity contribution in [1.29, 1.82) is 0 Å².